The fraction of sp³-hybridized carbons (Fsp3) is 0.615. The minimum atomic E-state index is -0.379. The Morgan fingerprint density at radius 2 is 2.40 bits per heavy atom. The number of esters is 1. The summed E-state index contributed by atoms with van der Waals surface area (Å²) in [6.45, 7) is 3.66. The van der Waals surface area contributed by atoms with E-state index in [1.807, 2.05) is 6.26 Å². The Bertz CT molecular complexity index is 484. The summed E-state index contributed by atoms with van der Waals surface area (Å²) in [6, 6.07) is 0. The Labute approximate surface area is 122 Å². The standard InChI is InChI=1S/C13H19N3O3S/c1-4-19-12(17)10-7-14-13(20-3)15-11(10)16-6-5-9(8-16)18-2/h7,9H,4-6,8H2,1-3H3. The van der Waals surface area contributed by atoms with E-state index in [9.17, 15) is 4.79 Å². The van der Waals surface area contributed by atoms with Gasteiger partial charge in [0.1, 0.15) is 11.4 Å². The Morgan fingerprint density at radius 3 is 3.00 bits per heavy atom. The molecule has 1 atom stereocenters. The lowest BCUT2D eigenvalue weighted by Gasteiger charge is -2.20. The largest absolute Gasteiger partial charge is 0.462 e. The molecule has 1 aliphatic rings. The molecule has 2 rings (SSSR count). The summed E-state index contributed by atoms with van der Waals surface area (Å²) < 4.78 is 10.4. The predicted octanol–water partition coefficient (Wildman–Crippen LogP) is 1.60. The highest BCUT2D eigenvalue weighted by Gasteiger charge is 2.28. The molecule has 2 heterocycles. The molecule has 0 spiro atoms. The molecule has 0 saturated carbocycles. The van der Waals surface area contributed by atoms with Crippen molar-refractivity contribution in [2.75, 3.05) is 38.0 Å². The van der Waals surface area contributed by atoms with Crippen molar-refractivity contribution in [3.8, 4) is 0 Å². The molecule has 0 bridgehead atoms. The molecule has 0 aromatic carbocycles. The second-order valence-corrected chi connectivity index (χ2v) is 5.18. The number of ether oxygens (including phenoxy) is 2. The Kier molecular flexibility index (Phi) is 5.19. The van der Waals surface area contributed by atoms with E-state index >= 15 is 0 Å². The van der Waals surface area contributed by atoms with E-state index in [0.29, 0.717) is 23.1 Å². The zero-order valence-electron chi connectivity index (χ0n) is 12.0. The highest BCUT2D eigenvalue weighted by Crippen LogP contribution is 2.25. The molecule has 0 aliphatic carbocycles. The Hall–Kier alpha value is -1.34. The number of hydrogen-bond donors (Lipinski definition) is 0. The maximum atomic E-state index is 12.0. The van der Waals surface area contributed by atoms with Gasteiger partial charge in [-0.1, -0.05) is 11.8 Å². The van der Waals surface area contributed by atoms with Crippen LogP contribution in [0.5, 0.6) is 0 Å². The highest BCUT2D eigenvalue weighted by atomic mass is 32.2. The van der Waals surface area contributed by atoms with Crippen LogP contribution in [0.25, 0.3) is 0 Å². The molecule has 1 aromatic heterocycles. The molecular formula is C13H19N3O3S. The van der Waals surface area contributed by atoms with Gasteiger partial charge in [-0.3, -0.25) is 0 Å². The molecule has 1 fully saturated rings. The van der Waals surface area contributed by atoms with Gasteiger partial charge in [0, 0.05) is 26.4 Å². The van der Waals surface area contributed by atoms with Gasteiger partial charge >= 0.3 is 5.97 Å². The van der Waals surface area contributed by atoms with E-state index in [1.165, 1.54) is 11.8 Å². The zero-order chi connectivity index (χ0) is 14.5. The van der Waals surface area contributed by atoms with Gasteiger partial charge in [0.15, 0.2) is 5.16 Å². The van der Waals surface area contributed by atoms with Crippen molar-refractivity contribution < 1.29 is 14.3 Å². The molecule has 1 unspecified atom stereocenters. The summed E-state index contributed by atoms with van der Waals surface area (Å²) in [5.74, 6) is 0.262. The fourth-order valence-electron chi connectivity index (χ4n) is 2.16. The second kappa shape index (κ2) is 6.90. The van der Waals surface area contributed by atoms with E-state index in [2.05, 4.69) is 14.9 Å². The van der Waals surface area contributed by atoms with Crippen LogP contribution < -0.4 is 4.90 Å². The fourth-order valence-corrected chi connectivity index (χ4v) is 2.50. The first-order valence-corrected chi connectivity index (χ1v) is 7.78. The Morgan fingerprint density at radius 1 is 1.60 bits per heavy atom. The minimum absolute atomic E-state index is 0.178. The molecule has 0 radical (unpaired) electrons. The zero-order valence-corrected chi connectivity index (χ0v) is 12.8. The van der Waals surface area contributed by atoms with Gasteiger partial charge in [-0.05, 0) is 19.6 Å². The summed E-state index contributed by atoms with van der Waals surface area (Å²) in [4.78, 5) is 22.7. The number of aromatic nitrogens is 2. The quantitative estimate of drug-likeness (QED) is 0.464. The van der Waals surface area contributed by atoms with Crippen LogP contribution in [0.15, 0.2) is 11.4 Å². The van der Waals surface area contributed by atoms with Gasteiger partial charge in [0.05, 0.1) is 12.7 Å². The van der Waals surface area contributed by atoms with Crippen molar-refractivity contribution in [1.82, 2.24) is 9.97 Å². The van der Waals surface area contributed by atoms with Crippen LogP contribution in [0.1, 0.15) is 23.7 Å². The number of hydrogen-bond acceptors (Lipinski definition) is 7. The van der Waals surface area contributed by atoms with Crippen LogP contribution in [0.4, 0.5) is 5.82 Å². The number of methoxy groups -OCH3 is 1. The number of thioether (sulfide) groups is 1. The SMILES string of the molecule is CCOC(=O)c1cnc(SC)nc1N1CCC(OC)C1. The van der Waals surface area contributed by atoms with E-state index < -0.39 is 0 Å². The smallest absolute Gasteiger partial charge is 0.343 e. The minimum Gasteiger partial charge on any atom is -0.462 e. The monoisotopic (exact) mass is 297 g/mol. The van der Waals surface area contributed by atoms with Gasteiger partial charge in [0.2, 0.25) is 0 Å². The average molecular weight is 297 g/mol. The maximum Gasteiger partial charge on any atom is 0.343 e. The first-order chi connectivity index (χ1) is 9.69. The highest BCUT2D eigenvalue weighted by molar-refractivity contribution is 7.98. The lowest BCUT2D eigenvalue weighted by molar-refractivity contribution is 0.0525. The normalized spacial score (nSPS) is 18.4. The third kappa shape index (κ3) is 3.21. The van der Waals surface area contributed by atoms with E-state index in [-0.39, 0.29) is 12.1 Å². The van der Waals surface area contributed by atoms with Crippen molar-refractivity contribution in [3.63, 3.8) is 0 Å². The Balaban J connectivity index is 2.30. The molecule has 0 N–H and O–H groups in total. The van der Waals surface area contributed by atoms with Crippen molar-refractivity contribution in [1.29, 1.82) is 0 Å². The lowest BCUT2D eigenvalue weighted by atomic mass is 10.3. The molecule has 0 amide bonds. The first-order valence-electron chi connectivity index (χ1n) is 6.55. The molecule has 110 valence electrons. The molecule has 1 saturated heterocycles. The number of anilines is 1. The third-order valence-electron chi connectivity index (χ3n) is 3.20. The summed E-state index contributed by atoms with van der Waals surface area (Å²) in [7, 11) is 1.70. The van der Waals surface area contributed by atoms with Crippen LogP contribution in [0, 0.1) is 0 Å². The second-order valence-electron chi connectivity index (χ2n) is 4.41. The van der Waals surface area contributed by atoms with Gasteiger partial charge in [-0.25, -0.2) is 14.8 Å². The lowest BCUT2D eigenvalue weighted by Crippen LogP contribution is -2.26. The average Bonchev–Trinajstić information content (AvgIpc) is 2.95. The van der Waals surface area contributed by atoms with Gasteiger partial charge < -0.3 is 14.4 Å². The maximum absolute atomic E-state index is 12.0. The van der Waals surface area contributed by atoms with Crippen LogP contribution in [0.3, 0.4) is 0 Å². The first kappa shape index (κ1) is 15.1. The summed E-state index contributed by atoms with van der Waals surface area (Å²) in [5.41, 5.74) is 0.418. The topological polar surface area (TPSA) is 64.5 Å². The van der Waals surface area contributed by atoms with Crippen molar-refractivity contribution in [2.24, 2.45) is 0 Å². The number of nitrogens with zero attached hydrogens (tertiary/aromatic N) is 3. The summed E-state index contributed by atoms with van der Waals surface area (Å²) in [6.07, 6.45) is 4.56. The summed E-state index contributed by atoms with van der Waals surface area (Å²) in [5, 5.41) is 0.647. The van der Waals surface area contributed by atoms with Crippen molar-refractivity contribution in [2.45, 2.75) is 24.6 Å². The van der Waals surface area contributed by atoms with Crippen molar-refractivity contribution in [3.05, 3.63) is 11.8 Å². The van der Waals surface area contributed by atoms with Crippen LogP contribution >= 0.6 is 11.8 Å². The van der Waals surface area contributed by atoms with E-state index in [0.717, 1.165) is 19.5 Å². The molecule has 7 heteroatoms. The molecular weight excluding hydrogens is 278 g/mol. The van der Waals surface area contributed by atoms with Crippen LogP contribution in [0.2, 0.25) is 0 Å². The van der Waals surface area contributed by atoms with Crippen LogP contribution in [-0.2, 0) is 9.47 Å². The predicted molar refractivity (Wildman–Crippen MR) is 77.4 cm³/mol. The number of carbonyl (C=O) groups excluding carboxylic acids is 1. The number of carbonyl (C=O) groups is 1. The summed E-state index contributed by atoms with van der Waals surface area (Å²) >= 11 is 1.45. The van der Waals surface area contributed by atoms with E-state index in [4.69, 9.17) is 9.47 Å². The molecule has 1 aromatic rings. The molecule has 1 aliphatic heterocycles. The molecule has 20 heavy (non-hydrogen) atoms. The number of rotatable bonds is 5. The van der Waals surface area contributed by atoms with Gasteiger partial charge in [0.25, 0.3) is 0 Å². The van der Waals surface area contributed by atoms with Gasteiger partial charge in [-0.2, -0.15) is 0 Å². The molecule has 6 nitrogen and oxygen atoms in total. The van der Waals surface area contributed by atoms with Crippen LogP contribution in [-0.4, -0.2) is 55.1 Å². The van der Waals surface area contributed by atoms with E-state index in [1.54, 1.807) is 20.2 Å². The van der Waals surface area contributed by atoms with Gasteiger partial charge in [-0.15, -0.1) is 0 Å². The third-order valence-corrected chi connectivity index (χ3v) is 3.76. The van der Waals surface area contributed by atoms with Crippen molar-refractivity contribution >= 4 is 23.5 Å².